The molecule has 8 heavy (non-hydrogen) atoms. The lowest BCUT2D eigenvalue weighted by molar-refractivity contribution is 1.71. The highest BCUT2D eigenvalue weighted by Crippen LogP contribution is 2.13. The fraction of sp³-hybridized carbons (Fsp3) is 0. The van der Waals surface area contributed by atoms with Crippen LogP contribution >= 0.6 is 23.2 Å². The van der Waals surface area contributed by atoms with Crippen molar-refractivity contribution < 1.29 is 1.43 Å². The van der Waals surface area contributed by atoms with Crippen molar-refractivity contribution in [3.8, 4) is 0 Å². The molecule has 0 aromatic heterocycles. The Labute approximate surface area is 59.5 Å². The van der Waals surface area contributed by atoms with Crippen LogP contribution in [0.2, 0.25) is 10.0 Å². The van der Waals surface area contributed by atoms with E-state index < -0.39 is 0 Å². The SMILES string of the molecule is Clc1cccc(Cl)c1.[H+]. The van der Waals surface area contributed by atoms with E-state index in [1.54, 1.807) is 18.2 Å². The highest BCUT2D eigenvalue weighted by molar-refractivity contribution is 6.34. The Morgan fingerprint density at radius 2 is 1.62 bits per heavy atom. The zero-order valence-corrected chi connectivity index (χ0v) is 5.58. The van der Waals surface area contributed by atoms with Gasteiger partial charge in [-0.2, -0.15) is 0 Å². The van der Waals surface area contributed by atoms with Gasteiger partial charge in [-0.05, 0) is 18.2 Å². The van der Waals surface area contributed by atoms with Gasteiger partial charge in [0.05, 0.1) is 0 Å². The van der Waals surface area contributed by atoms with E-state index in [1.807, 2.05) is 6.07 Å². The summed E-state index contributed by atoms with van der Waals surface area (Å²) in [7, 11) is 0. The quantitative estimate of drug-likeness (QED) is 0.530. The van der Waals surface area contributed by atoms with Gasteiger partial charge in [0.1, 0.15) is 0 Å². The van der Waals surface area contributed by atoms with Crippen LogP contribution in [0.25, 0.3) is 0 Å². The molecule has 0 saturated carbocycles. The van der Waals surface area contributed by atoms with Crippen LogP contribution in [0.15, 0.2) is 24.3 Å². The molecule has 0 atom stereocenters. The molecule has 0 nitrogen and oxygen atoms in total. The van der Waals surface area contributed by atoms with Gasteiger partial charge in [-0.15, -0.1) is 0 Å². The summed E-state index contributed by atoms with van der Waals surface area (Å²) in [5, 5.41) is 1.36. The Hall–Kier alpha value is -0.200. The topological polar surface area (TPSA) is 0 Å². The lowest BCUT2D eigenvalue weighted by atomic mass is 10.4. The fourth-order valence-corrected chi connectivity index (χ4v) is 0.896. The summed E-state index contributed by atoms with van der Waals surface area (Å²) in [6, 6.07) is 7.08. The molecule has 0 aliphatic carbocycles. The second-order valence-electron chi connectivity index (χ2n) is 1.44. The maximum Gasteiger partial charge on any atom is 1.00 e. The Bertz CT molecular complexity index is 171. The van der Waals surface area contributed by atoms with Gasteiger partial charge >= 0.3 is 1.43 Å². The van der Waals surface area contributed by atoms with E-state index in [-0.39, 0.29) is 1.43 Å². The fourth-order valence-electron chi connectivity index (χ4n) is 0.460. The Kier molecular flexibility index (Phi) is 1.77. The minimum absolute atomic E-state index is 0. The van der Waals surface area contributed by atoms with E-state index in [9.17, 15) is 0 Å². The van der Waals surface area contributed by atoms with Gasteiger partial charge in [-0.1, -0.05) is 29.3 Å². The van der Waals surface area contributed by atoms with Crippen LogP contribution in [-0.2, 0) is 0 Å². The number of hydrogen-bond donors (Lipinski definition) is 0. The van der Waals surface area contributed by atoms with Crippen molar-refractivity contribution in [1.29, 1.82) is 0 Å². The normalized spacial score (nSPS) is 9.25. The highest BCUT2D eigenvalue weighted by Gasteiger charge is 1.84. The zero-order valence-electron chi connectivity index (χ0n) is 5.07. The molecule has 0 fully saturated rings. The van der Waals surface area contributed by atoms with Gasteiger partial charge in [-0.3, -0.25) is 0 Å². The molecule has 0 N–H and O–H groups in total. The van der Waals surface area contributed by atoms with E-state index in [1.165, 1.54) is 0 Å². The number of benzene rings is 1. The van der Waals surface area contributed by atoms with E-state index >= 15 is 0 Å². The summed E-state index contributed by atoms with van der Waals surface area (Å²) < 4.78 is 0. The van der Waals surface area contributed by atoms with Crippen molar-refractivity contribution >= 4 is 23.2 Å². The Morgan fingerprint density at radius 1 is 1.12 bits per heavy atom. The first-order valence-corrected chi connectivity index (χ1v) is 2.96. The van der Waals surface area contributed by atoms with Gasteiger partial charge < -0.3 is 0 Å². The van der Waals surface area contributed by atoms with Gasteiger partial charge in [0.15, 0.2) is 0 Å². The molecule has 0 unspecified atom stereocenters. The van der Waals surface area contributed by atoms with Crippen molar-refractivity contribution in [1.82, 2.24) is 0 Å². The first-order chi connectivity index (χ1) is 3.79. The summed E-state index contributed by atoms with van der Waals surface area (Å²) in [6.45, 7) is 0. The molecule has 42 valence electrons. The largest absolute Gasteiger partial charge is 1.00 e. The molecular formula is C6H5Cl2+. The third-order valence-electron chi connectivity index (χ3n) is 0.787. The molecule has 0 radical (unpaired) electrons. The molecule has 0 aliphatic rings. The second-order valence-corrected chi connectivity index (χ2v) is 2.31. The van der Waals surface area contributed by atoms with Gasteiger partial charge in [0.2, 0.25) is 0 Å². The first-order valence-electron chi connectivity index (χ1n) is 2.20. The van der Waals surface area contributed by atoms with Crippen molar-refractivity contribution in [2.75, 3.05) is 0 Å². The third-order valence-corrected chi connectivity index (χ3v) is 1.26. The molecule has 0 bridgehead atoms. The molecule has 0 amide bonds. The average molecular weight is 148 g/mol. The lowest BCUT2D eigenvalue weighted by Crippen LogP contribution is -1.61. The van der Waals surface area contributed by atoms with Crippen molar-refractivity contribution in [2.45, 2.75) is 0 Å². The summed E-state index contributed by atoms with van der Waals surface area (Å²) in [4.78, 5) is 0. The van der Waals surface area contributed by atoms with E-state index in [0.29, 0.717) is 10.0 Å². The smallest absolute Gasteiger partial charge is 0.0843 e. The lowest BCUT2D eigenvalue weighted by Gasteiger charge is -1.86. The van der Waals surface area contributed by atoms with Gasteiger partial charge in [0, 0.05) is 10.0 Å². The van der Waals surface area contributed by atoms with Crippen molar-refractivity contribution in [3.05, 3.63) is 34.3 Å². The highest BCUT2D eigenvalue weighted by atomic mass is 35.5. The monoisotopic (exact) mass is 147 g/mol. The average Bonchev–Trinajstić information content (AvgIpc) is 1.64. The summed E-state index contributed by atoms with van der Waals surface area (Å²) in [6.07, 6.45) is 0. The molecular weight excluding hydrogens is 143 g/mol. The van der Waals surface area contributed by atoms with Crippen molar-refractivity contribution in [2.24, 2.45) is 0 Å². The Morgan fingerprint density at radius 3 is 1.88 bits per heavy atom. The molecule has 0 saturated heterocycles. The number of rotatable bonds is 0. The van der Waals surface area contributed by atoms with E-state index in [4.69, 9.17) is 23.2 Å². The molecule has 2 heteroatoms. The van der Waals surface area contributed by atoms with Gasteiger partial charge in [-0.25, -0.2) is 0 Å². The molecule has 0 spiro atoms. The van der Waals surface area contributed by atoms with Crippen LogP contribution in [0.3, 0.4) is 0 Å². The minimum Gasteiger partial charge on any atom is -0.0843 e. The van der Waals surface area contributed by atoms with Crippen LogP contribution in [0.4, 0.5) is 0 Å². The standard InChI is InChI=1S/C6H4Cl2/c7-5-2-1-3-6(8)4-5/h1-4H/p+1. The molecule has 1 aromatic rings. The van der Waals surface area contributed by atoms with Crippen molar-refractivity contribution in [3.63, 3.8) is 0 Å². The van der Waals surface area contributed by atoms with Crippen LogP contribution < -0.4 is 0 Å². The maximum atomic E-state index is 5.56. The molecule has 1 rings (SSSR count). The number of hydrogen-bond acceptors (Lipinski definition) is 0. The zero-order chi connectivity index (χ0) is 5.98. The predicted molar refractivity (Wildman–Crippen MR) is 37.6 cm³/mol. The number of halogens is 2. The summed E-state index contributed by atoms with van der Waals surface area (Å²) in [5.41, 5.74) is 0. The first kappa shape index (κ1) is 5.93. The second kappa shape index (κ2) is 2.38. The Balaban J connectivity index is 0.000000640. The van der Waals surface area contributed by atoms with Crippen LogP contribution in [0.1, 0.15) is 1.43 Å². The third kappa shape index (κ3) is 1.39. The van der Waals surface area contributed by atoms with Gasteiger partial charge in [0.25, 0.3) is 0 Å². The van der Waals surface area contributed by atoms with Crippen LogP contribution in [0.5, 0.6) is 0 Å². The summed E-state index contributed by atoms with van der Waals surface area (Å²) in [5.74, 6) is 0. The predicted octanol–water partition coefficient (Wildman–Crippen LogP) is 3.11. The summed E-state index contributed by atoms with van der Waals surface area (Å²) >= 11 is 11.1. The molecule has 0 heterocycles. The van der Waals surface area contributed by atoms with E-state index in [2.05, 4.69) is 0 Å². The maximum absolute atomic E-state index is 5.56. The van der Waals surface area contributed by atoms with Crippen LogP contribution in [-0.4, -0.2) is 0 Å². The minimum atomic E-state index is 0. The van der Waals surface area contributed by atoms with Crippen LogP contribution in [0, 0.1) is 0 Å². The molecule has 1 aromatic carbocycles. The molecule has 0 aliphatic heterocycles. The van der Waals surface area contributed by atoms with E-state index in [0.717, 1.165) is 0 Å².